The van der Waals surface area contributed by atoms with Crippen molar-refractivity contribution < 1.29 is 49.1 Å². The lowest BCUT2D eigenvalue weighted by Crippen LogP contribution is -2.35. The van der Waals surface area contributed by atoms with Crippen molar-refractivity contribution in [1.82, 2.24) is 0 Å². The van der Waals surface area contributed by atoms with E-state index >= 15 is 0 Å². The Labute approximate surface area is 169 Å². The Bertz CT molecular complexity index is 929. The van der Waals surface area contributed by atoms with Crippen LogP contribution in [0.4, 0.5) is 0 Å². The number of carboxylic acids is 2. The highest BCUT2D eigenvalue weighted by molar-refractivity contribution is 5.93. The molecule has 2 rings (SSSR count). The van der Waals surface area contributed by atoms with Crippen molar-refractivity contribution in [2.75, 3.05) is 6.61 Å². The number of carboxylic acid groups (broad SMARTS) is 2. The number of hydrogen-bond donors (Lipinski definition) is 4. The molecule has 0 saturated heterocycles. The summed E-state index contributed by atoms with van der Waals surface area (Å²) in [5, 5.41) is 37.2. The number of benzene rings is 2. The van der Waals surface area contributed by atoms with E-state index in [2.05, 4.69) is 4.74 Å². The Balaban J connectivity index is 1.80. The van der Waals surface area contributed by atoms with E-state index in [1.807, 2.05) is 0 Å². The molecule has 0 spiro atoms. The van der Waals surface area contributed by atoms with Crippen LogP contribution in [-0.4, -0.2) is 56.9 Å². The number of carbonyl (C=O) groups excluding carboxylic acids is 2. The molecule has 0 aromatic heterocycles. The Kier molecular flexibility index (Phi) is 7.23. The summed E-state index contributed by atoms with van der Waals surface area (Å²) in [6.07, 6.45) is -0.519. The Morgan fingerprint density at radius 3 is 1.53 bits per heavy atom. The Morgan fingerprint density at radius 1 is 0.700 bits per heavy atom. The lowest BCUT2D eigenvalue weighted by molar-refractivity contribution is -0.311. The predicted molar refractivity (Wildman–Crippen MR) is 98.9 cm³/mol. The standard InChI is InChI=1S/C20H18O10/c21-16(22)12-2-6-14(7-3-12)18(25)29-11-1-10-20(27,28)30-19(26)15-8-4-13(5-9-15)17(23)24/h2-9,27-28H,1,10-11H2,(H,21,22)(H,23,24). The van der Waals surface area contributed by atoms with E-state index in [4.69, 9.17) is 14.9 Å². The minimum absolute atomic E-state index is 0.0105. The number of hydrogen-bond acceptors (Lipinski definition) is 8. The fraction of sp³-hybridized carbons (Fsp3) is 0.200. The minimum atomic E-state index is -2.82. The SMILES string of the molecule is O=C(O)c1ccc(C(=O)OCCCC(O)(O)OC(=O)c2ccc(C(=O)O)cc2)cc1. The maximum Gasteiger partial charge on any atom is 0.342 e. The van der Waals surface area contributed by atoms with Crippen LogP contribution in [0.25, 0.3) is 0 Å². The van der Waals surface area contributed by atoms with Crippen LogP contribution in [0.3, 0.4) is 0 Å². The van der Waals surface area contributed by atoms with E-state index in [1.165, 1.54) is 36.4 Å². The fourth-order valence-electron chi connectivity index (χ4n) is 2.31. The molecule has 10 heteroatoms. The zero-order valence-corrected chi connectivity index (χ0v) is 15.5. The van der Waals surface area contributed by atoms with E-state index in [1.54, 1.807) is 0 Å². The van der Waals surface area contributed by atoms with Gasteiger partial charge in [0.05, 0.1) is 28.9 Å². The van der Waals surface area contributed by atoms with Gasteiger partial charge in [0.25, 0.3) is 0 Å². The third-order valence-corrected chi connectivity index (χ3v) is 3.87. The molecule has 158 valence electrons. The van der Waals surface area contributed by atoms with Gasteiger partial charge in [-0.15, -0.1) is 0 Å². The average molecular weight is 418 g/mol. The highest BCUT2D eigenvalue weighted by atomic mass is 16.8. The van der Waals surface area contributed by atoms with Gasteiger partial charge in [0.1, 0.15) is 0 Å². The van der Waals surface area contributed by atoms with Gasteiger partial charge in [0.15, 0.2) is 0 Å². The second-order valence-corrected chi connectivity index (χ2v) is 6.14. The summed E-state index contributed by atoms with van der Waals surface area (Å²) in [5.41, 5.74) is 0.000688. The van der Waals surface area contributed by atoms with Crippen molar-refractivity contribution in [2.24, 2.45) is 0 Å². The molecular formula is C20H18O10. The molecule has 0 unspecified atom stereocenters. The number of rotatable bonds is 9. The molecule has 0 aliphatic heterocycles. The second-order valence-electron chi connectivity index (χ2n) is 6.14. The van der Waals surface area contributed by atoms with Crippen LogP contribution in [0.15, 0.2) is 48.5 Å². The first kappa shape index (κ1) is 22.5. The van der Waals surface area contributed by atoms with E-state index < -0.39 is 36.3 Å². The Hall–Kier alpha value is -3.76. The van der Waals surface area contributed by atoms with Gasteiger partial charge in [-0.2, -0.15) is 0 Å². The minimum Gasteiger partial charge on any atom is -0.478 e. The first-order chi connectivity index (χ1) is 14.1. The van der Waals surface area contributed by atoms with Gasteiger partial charge in [-0.3, -0.25) is 0 Å². The molecule has 10 nitrogen and oxygen atoms in total. The number of ether oxygens (including phenoxy) is 2. The molecule has 2 aromatic carbocycles. The van der Waals surface area contributed by atoms with Crippen molar-refractivity contribution in [3.8, 4) is 0 Å². The van der Waals surface area contributed by atoms with Crippen LogP contribution in [0.1, 0.15) is 54.3 Å². The molecule has 0 atom stereocenters. The van der Waals surface area contributed by atoms with Crippen molar-refractivity contribution >= 4 is 23.9 Å². The monoisotopic (exact) mass is 418 g/mol. The highest BCUT2D eigenvalue weighted by Crippen LogP contribution is 2.16. The summed E-state index contributed by atoms with van der Waals surface area (Å²) in [4.78, 5) is 45.3. The lowest BCUT2D eigenvalue weighted by Gasteiger charge is -2.21. The van der Waals surface area contributed by atoms with E-state index in [0.717, 1.165) is 12.1 Å². The molecule has 0 heterocycles. The number of aromatic carboxylic acids is 2. The maximum atomic E-state index is 11.9. The van der Waals surface area contributed by atoms with Crippen LogP contribution in [0.5, 0.6) is 0 Å². The normalized spacial score (nSPS) is 10.9. The quantitative estimate of drug-likeness (QED) is 0.266. The molecule has 0 aliphatic rings. The van der Waals surface area contributed by atoms with Gasteiger partial charge in [0, 0.05) is 6.42 Å². The van der Waals surface area contributed by atoms with Gasteiger partial charge >= 0.3 is 29.9 Å². The van der Waals surface area contributed by atoms with Gasteiger partial charge < -0.3 is 29.9 Å². The number of carbonyl (C=O) groups is 4. The summed E-state index contributed by atoms with van der Waals surface area (Å²) in [7, 11) is 0. The summed E-state index contributed by atoms with van der Waals surface area (Å²) in [6, 6.07) is 9.72. The van der Waals surface area contributed by atoms with Crippen LogP contribution in [0.2, 0.25) is 0 Å². The molecule has 0 saturated carbocycles. The first-order valence-corrected chi connectivity index (χ1v) is 8.61. The summed E-state index contributed by atoms with van der Waals surface area (Å²) < 4.78 is 9.52. The lowest BCUT2D eigenvalue weighted by atomic mass is 10.1. The predicted octanol–water partition coefficient (Wildman–Crippen LogP) is 1.52. The smallest absolute Gasteiger partial charge is 0.342 e. The van der Waals surface area contributed by atoms with E-state index in [-0.39, 0.29) is 35.3 Å². The zero-order valence-electron chi connectivity index (χ0n) is 15.5. The maximum absolute atomic E-state index is 11.9. The third kappa shape index (κ3) is 6.40. The largest absolute Gasteiger partial charge is 0.478 e. The number of esters is 2. The Morgan fingerprint density at radius 2 is 1.10 bits per heavy atom. The van der Waals surface area contributed by atoms with Gasteiger partial charge in [-0.25, -0.2) is 19.2 Å². The van der Waals surface area contributed by atoms with E-state index in [9.17, 15) is 29.4 Å². The summed E-state index contributed by atoms with van der Waals surface area (Å²) >= 11 is 0. The highest BCUT2D eigenvalue weighted by Gasteiger charge is 2.29. The number of aliphatic hydroxyl groups is 2. The second kappa shape index (κ2) is 9.63. The third-order valence-electron chi connectivity index (χ3n) is 3.87. The van der Waals surface area contributed by atoms with Crippen molar-refractivity contribution in [2.45, 2.75) is 18.8 Å². The molecule has 2 aromatic rings. The fourth-order valence-corrected chi connectivity index (χ4v) is 2.31. The molecule has 30 heavy (non-hydrogen) atoms. The molecule has 0 aliphatic carbocycles. The molecule has 0 bridgehead atoms. The zero-order chi connectivity index (χ0) is 22.3. The molecular weight excluding hydrogens is 400 g/mol. The topological polar surface area (TPSA) is 168 Å². The van der Waals surface area contributed by atoms with Crippen molar-refractivity contribution in [3.05, 3.63) is 70.8 Å². The summed E-state index contributed by atoms with van der Waals surface area (Å²) in [6.45, 7) is -0.215. The summed E-state index contributed by atoms with van der Waals surface area (Å²) in [5.74, 6) is -6.94. The van der Waals surface area contributed by atoms with Gasteiger partial charge in [-0.05, 0) is 55.0 Å². The van der Waals surface area contributed by atoms with E-state index in [0.29, 0.717) is 0 Å². The molecule has 0 fully saturated rings. The van der Waals surface area contributed by atoms with Crippen LogP contribution in [-0.2, 0) is 9.47 Å². The molecule has 0 radical (unpaired) electrons. The van der Waals surface area contributed by atoms with Crippen molar-refractivity contribution in [1.29, 1.82) is 0 Å². The van der Waals surface area contributed by atoms with Gasteiger partial charge in [0.2, 0.25) is 0 Å². The first-order valence-electron chi connectivity index (χ1n) is 8.61. The average Bonchev–Trinajstić information content (AvgIpc) is 2.70. The molecule has 0 amide bonds. The van der Waals surface area contributed by atoms with Crippen LogP contribution < -0.4 is 0 Å². The van der Waals surface area contributed by atoms with Crippen LogP contribution in [0, 0.1) is 0 Å². The molecule has 4 N–H and O–H groups in total. The van der Waals surface area contributed by atoms with Crippen LogP contribution >= 0.6 is 0 Å². The van der Waals surface area contributed by atoms with Crippen molar-refractivity contribution in [3.63, 3.8) is 0 Å². The van der Waals surface area contributed by atoms with Gasteiger partial charge in [-0.1, -0.05) is 0 Å².